The highest BCUT2D eigenvalue weighted by Gasteiger charge is 2.19. The average Bonchev–Trinajstić information content (AvgIpc) is 3.19. The normalized spacial score (nSPS) is 14.6. The molecule has 23 heavy (non-hydrogen) atoms. The Labute approximate surface area is 146 Å². The first-order valence-electron chi connectivity index (χ1n) is 7.41. The van der Waals surface area contributed by atoms with Gasteiger partial charge in [0.05, 0.1) is 9.47 Å². The van der Waals surface area contributed by atoms with Gasteiger partial charge in [-0.15, -0.1) is 11.3 Å². The van der Waals surface area contributed by atoms with Crippen molar-refractivity contribution in [2.75, 3.05) is 23.3 Å². The maximum Gasteiger partial charge on any atom is 0.248 e. The maximum atomic E-state index is 14.2. The number of carbonyl (C=O) groups excluding carboxylic acids is 1. The van der Waals surface area contributed by atoms with Gasteiger partial charge in [-0.25, -0.2) is 4.39 Å². The first-order valence-corrected chi connectivity index (χ1v) is 9.02. The summed E-state index contributed by atoms with van der Waals surface area (Å²) in [6.07, 6.45) is 5.34. The number of nitrogens with zero attached hydrogens (tertiary/aromatic N) is 1. The first kappa shape index (κ1) is 16.2. The van der Waals surface area contributed by atoms with E-state index in [2.05, 4.69) is 26.1 Å². The van der Waals surface area contributed by atoms with E-state index in [4.69, 9.17) is 0 Å². The zero-order valence-electron chi connectivity index (χ0n) is 12.4. The molecule has 1 N–H and O–H groups in total. The third kappa shape index (κ3) is 4.00. The van der Waals surface area contributed by atoms with Gasteiger partial charge in [-0.3, -0.25) is 4.79 Å². The molecule has 1 aromatic heterocycles. The lowest BCUT2D eigenvalue weighted by Crippen LogP contribution is -2.21. The highest BCUT2D eigenvalue weighted by molar-refractivity contribution is 9.11. The van der Waals surface area contributed by atoms with Crippen molar-refractivity contribution in [2.45, 2.75) is 12.8 Å². The summed E-state index contributed by atoms with van der Waals surface area (Å²) in [6, 6.07) is 8.74. The van der Waals surface area contributed by atoms with Gasteiger partial charge in [-0.1, -0.05) is 6.07 Å². The molecule has 1 amide bonds. The molecule has 1 aliphatic rings. The van der Waals surface area contributed by atoms with E-state index in [1.165, 1.54) is 23.5 Å². The lowest BCUT2D eigenvalue weighted by atomic mass is 10.2. The maximum absolute atomic E-state index is 14.2. The zero-order chi connectivity index (χ0) is 16.2. The summed E-state index contributed by atoms with van der Waals surface area (Å²) in [5.41, 5.74) is 1.01. The Morgan fingerprint density at radius 3 is 2.74 bits per heavy atom. The van der Waals surface area contributed by atoms with Crippen LogP contribution in [0.25, 0.3) is 6.08 Å². The number of thiophene rings is 1. The molecule has 6 heteroatoms. The second kappa shape index (κ2) is 7.27. The van der Waals surface area contributed by atoms with E-state index < -0.39 is 5.82 Å². The number of anilines is 2. The lowest BCUT2D eigenvalue weighted by Gasteiger charge is -2.21. The van der Waals surface area contributed by atoms with Crippen molar-refractivity contribution in [3.63, 3.8) is 0 Å². The van der Waals surface area contributed by atoms with E-state index in [0.29, 0.717) is 0 Å². The number of nitrogens with one attached hydrogen (secondary N) is 1. The van der Waals surface area contributed by atoms with Crippen LogP contribution in [0.2, 0.25) is 0 Å². The van der Waals surface area contributed by atoms with Crippen LogP contribution in [0.4, 0.5) is 15.8 Å². The Morgan fingerprint density at radius 1 is 1.26 bits per heavy atom. The van der Waals surface area contributed by atoms with Gasteiger partial charge in [-0.05, 0) is 59.1 Å². The smallest absolute Gasteiger partial charge is 0.248 e. The summed E-state index contributed by atoms with van der Waals surface area (Å²) >= 11 is 4.91. The highest BCUT2D eigenvalue weighted by Crippen LogP contribution is 2.31. The van der Waals surface area contributed by atoms with Crippen molar-refractivity contribution < 1.29 is 9.18 Å². The zero-order valence-corrected chi connectivity index (χ0v) is 14.8. The van der Waals surface area contributed by atoms with Crippen molar-refractivity contribution >= 4 is 50.6 Å². The Bertz CT molecular complexity index is 738. The molecule has 0 atom stereocenters. The predicted octanol–water partition coefficient (Wildman–Crippen LogP) is 4.90. The first-order chi connectivity index (χ1) is 11.1. The van der Waals surface area contributed by atoms with E-state index in [0.717, 1.165) is 40.3 Å². The Hall–Kier alpha value is -1.66. The number of benzene rings is 1. The van der Waals surface area contributed by atoms with Crippen LogP contribution in [-0.2, 0) is 4.79 Å². The molecule has 0 unspecified atom stereocenters. The molecule has 0 aliphatic carbocycles. The van der Waals surface area contributed by atoms with Gasteiger partial charge in [0, 0.05) is 24.0 Å². The summed E-state index contributed by atoms with van der Waals surface area (Å²) in [5, 5.41) is 2.68. The Morgan fingerprint density at radius 2 is 2.04 bits per heavy atom. The van der Waals surface area contributed by atoms with Gasteiger partial charge >= 0.3 is 0 Å². The van der Waals surface area contributed by atoms with Crippen LogP contribution in [0.5, 0.6) is 0 Å². The van der Waals surface area contributed by atoms with Crippen LogP contribution < -0.4 is 10.2 Å². The van der Waals surface area contributed by atoms with Gasteiger partial charge in [0.25, 0.3) is 0 Å². The third-order valence-corrected chi connectivity index (χ3v) is 5.27. The van der Waals surface area contributed by atoms with Crippen molar-refractivity contribution in [1.29, 1.82) is 0 Å². The van der Waals surface area contributed by atoms with Crippen molar-refractivity contribution in [3.05, 3.63) is 50.9 Å². The molecule has 1 aromatic carbocycles. The summed E-state index contributed by atoms with van der Waals surface area (Å²) in [6.45, 7) is 1.79. The van der Waals surface area contributed by atoms with Gasteiger partial charge in [0.2, 0.25) is 5.91 Å². The second-order valence-corrected chi connectivity index (χ2v) is 7.79. The van der Waals surface area contributed by atoms with Crippen molar-refractivity contribution in [3.8, 4) is 0 Å². The fourth-order valence-electron chi connectivity index (χ4n) is 2.60. The molecule has 0 spiro atoms. The minimum absolute atomic E-state index is 0.261. The van der Waals surface area contributed by atoms with Gasteiger partial charge in [0.1, 0.15) is 11.5 Å². The molecular weight excluding hydrogens is 379 g/mol. The van der Waals surface area contributed by atoms with Gasteiger partial charge in [0.15, 0.2) is 0 Å². The molecule has 0 bridgehead atoms. The van der Waals surface area contributed by atoms with Crippen molar-refractivity contribution in [2.24, 2.45) is 0 Å². The summed E-state index contributed by atoms with van der Waals surface area (Å²) < 4.78 is 15.2. The van der Waals surface area contributed by atoms with Crippen LogP contribution in [0, 0.1) is 5.82 Å². The average molecular weight is 395 g/mol. The molecule has 2 heterocycles. The Kier molecular flexibility index (Phi) is 5.13. The number of amides is 1. The molecule has 0 radical (unpaired) electrons. The lowest BCUT2D eigenvalue weighted by molar-refractivity contribution is -0.111. The molecule has 120 valence electrons. The number of rotatable bonds is 4. The topological polar surface area (TPSA) is 32.3 Å². The van der Waals surface area contributed by atoms with Crippen molar-refractivity contribution in [1.82, 2.24) is 0 Å². The largest absolute Gasteiger partial charge is 0.370 e. The number of hydrogen-bond acceptors (Lipinski definition) is 3. The van der Waals surface area contributed by atoms with E-state index >= 15 is 0 Å². The van der Waals surface area contributed by atoms with E-state index in [1.54, 1.807) is 12.1 Å². The standard InChI is InChI=1S/C17H16BrFN2OS/c18-15-8-6-12(23-15)7-9-16(22)20-17-13(19)4-3-5-14(17)21-10-1-2-11-21/h3-9H,1-2,10-11H2,(H,20,22)/b9-7+. The van der Waals surface area contributed by atoms with Crippen LogP contribution >= 0.6 is 27.3 Å². The molecule has 1 saturated heterocycles. The fourth-order valence-corrected chi connectivity index (χ4v) is 3.92. The number of halogens is 2. The van der Waals surface area contributed by atoms with Crippen LogP contribution in [0.1, 0.15) is 17.7 Å². The summed E-state index contributed by atoms with van der Waals surface area (Å²) in [5.74, 6) is -0.741. The SMILES string of the molecule is O=C(/C=C/c1ccc(Br)s1)Nc1c(F)cccc1N1CCCC1. The monoisotopic (exact) mass is 394 g/mol. The van der Waals surface area contributed by atoms with E-state index in [-0.39, 0.29) is 11.6 Å². The minimum atomic E-state index is -0.407. The van der Waals surface area contributed by atoms with Crippen LogP contribution in [-0.4, -0.2) is 19.0 Å². The molecule has 1 fully saturated rings. The molecule has 0 saturated carbocycles. The van der Waals surface area contributed by atoms with E-state index in [1.807, 2.05) is 18.2 Å². The molecule has 3 nitrogen and oxygen atoms in total. The second-order valence-electron chi connectivity index (χ2n) is 5.29. The Balaban J connectivity index is 1.76. The van der Waals surface area contributed by atoms with Crippen LogP contribution in [0.15, 0.2) is 40.2 Å². The highest BCUT2D eigenvalue weighted by atomic mass is 79.9. The number of hydrogen-bond donors (Lipinski definition) is 1. The number of para-hydroxylation sites is 1. The molecule has 1 aliphatic heterocycles. The third-order valence-electron chi connectivity index (χ3n) is 3.68. The number of carbonyl (C=O) groups is 1. The quantitative estimate of drug-likeness (QED) is 0.747. The predicted molar refractivity (Wildman–Crippen MR) is 97.5 cm³/mol. The van der Waals surface area contributed by atoms with Gasteiger partial charge in [-0.2, -0.15) is 0 Å². The fraction of sp³-hybridized carbons (Fsp3) is 0.235. The summed E-state index contributed by atoms with van der Waals surface area (Å²) in [4.78, 5) is 15.2. The minimum Gasteiger partial charge on any atom is -0.370 e. The molecular formula is C17H16BrFN2OS. The molecule has 2 aromatic rings. The summed E-state index contributed by atoms with van der Waals surface area (Å²) in [7, 11) is 0. The van der Waals surface area contributed by atoms with Gasteiger partial charge < -0.3 is 10.2 Å². The van der Waals surface area contributed by atoms with E-state index in [9.17, 15) is 9.18 Å². The molecule has 3 rings (SSSR count). The van der Waals surface area contributed by atoms with Crippen LogP contribution in [0.3, 0.4) is 0 Å².